The van der Waals surface area contributed by atoms with E-state index in [1.807, 2.05) is 24.3 Å². The monoisotopic (exact) mass is 525 g/mol. The largest absolute Gasteiger partial charge is 0.497 e. The number of amides is 3. The molecule has 1 aliphatic heterocycles. The van der Waals surface area contributed by atoms with Gasteiger partial charge in [-0.2, -0.15) is 0 Å². The van der Waals surface area contributed by atoms with Crippen molar-refractivity contribution in [1.29, 1.82) is 0 Å². The van der Waals surface area contributed by atoms with Crippen LogP contribution in [0.1, 0.15) is 46.3 Å². The number of carbonyl (C=O) groups excluding carboxylic acids is 3. The Bertz CT molecular complexity index is 1390. The van der Waals surface area contributed by atoms with Gasteiger partial charge in [-0.25, -0.2) is 9.37 Å². The molecule has 5 rings (SSSR count). The lowest BCUT2D eigenvalue weighted by Gasteiger charge is -2.44. The Labute approximate surface area is 217 Å². The second kappa shape index (κ2) is 9.51. The Balaban J connectivity index is 1.38. The minimum Gasteiger partial charge on any atom is -0.497 e. The first-order chi connectivity index (χ1) is 17.7. The number of halogens is 2. The smallest absolute Gasteiger partial charge is 0.276 e. The molecule has 0 spiro atoms. The van der Waals surface area contributed by atoms with Gasteiger partial charge in [0.2, 0.25) is 5.91 Å². The molecule has 1 aliphatic carbocycles. The van der Waals surface area contributed by atoms with Crippen LogP contribution in [0.5, 0.6) is 5.75 Å². The number of imidazole rings is 1. The molecule has 0 bridgehead atoms. The Kier molecular flexibility index (Phi) is 6.36. The lowest BCUT2D eigenvalue weighted by Crippen LogP contribution is -2.64. The summed E-state index contributed by atoms with van der Waals surface area (Å²) in [5.74, 6) is -1.22. The normalized spacial score (nSPS) is 18.8. The van der Waals surface area contributed by atoms with Crippen LogP contribution in [0.3, 0.4) is 0 Å². The molecule has 1 fully saturated rings. The fourth-order valence-electron chi connectivity index (χ4n) is 4.61. The van der Waals surface area contributed by atoms with E-state index in [0.29, 0.717) is 5.75 Å². The molecule has 9 nitrogen and oxygen atoms in total. The molecule has 1 saturated carbocycles. The summed E-state index contributed by atoms with van der Waals surface area (Å²) in [5, 5.41) is 5.56. The van der Waals surface area contributed by atoms with Gasteiger partial charge in [0, 0.05) is 12.6 Å². The second-order valence-corrected chi connectivity index (χ2v) is 9.77. The maximum atomic E-state index is 13.7. The van der Waals surface area contributed by atoms with Crippen molar-refractivity contribution in [3.8, 4) is 5.75 Å². The van der Waals surface area contributed by atoms with Crippen molar-refractivity contribution in [2.24, 2.45) is 0 Å². The van der Waals surface area contributed by atoms with Gasteiger partial charge in [0.05, 0.1) is 30.7 Å². The summed E-state index contributed by atoms with van der Waals surface area (Å²) in [7, 11) is 1.58. The Morgan fingerprint density at radius 3 is 2.59 bits per heavy atom. The number of anilines is 1. The first kappa shape index (κ1) is 24.8. The lowest BCUT2D eigenvalue weighted by atomic mass is 9.93. The van der Waals surface area contributed by atoms with Crippen molar-refractivity contribution in [2.45, 2.75) is 44.4 Å². The number of nitrogens with one attached hydrogen (secondary N) is 2. The molecule has 11 heteroatoms. The molecule has 3 amide bonds. The number of aromatic nitrogens is 2. The summed E-state index contributed by atoms with van der Waals surface area (Å²) in [5.41, 5.74) is -0.0776. The molecule has 0 radical (unpaired) electrons. The van der Waals surface area contributed by atoms with Crippen LogP contribution in [0.4, 0.5) is 10.1 Å². The maximum Gasteiger partial charge on any atom is 0.276 e. The Hall–Kier alpha value is -3.92. The first-order valence-electron chi connectivity index (χ1n) is 11.8. The first-order valence-corrected chi connectivity index (χ1v) is 12.2. The van der Waals surface area contributed by atoms with Crippen LogP contribution < -0.4 is 15.4 Å². The molecule has 2 aliphatic rings. The molecule has 1 aromatic heterocycles. The zero-order valence-corrected chi connectivity index (χ0v) is 21.0. The minimum atomic E-state index is -1.17. The number of rotatable bonds is 7. The number of benzene rings is 2. The number of fused-ring (bicyclic) bond motifs is 1. The third-order valence-electron chi connectivity index (χ3n) is 6.68. The number of methoxy groups -OCH3 is 1. The van der Waals surface area contributed by atoms with Crippen molar-refractivity contribution >= 4 is 35.0 Å². The highest BCUT2D eigenvalue weighted by molar-refractivity contribution is 6.34. The van der Waals surface area contributed by atoms with E-state index >= 15 is 0 Å². The van der Waals surface area contributed by atoms with Gasteiger partial charge in [0.15, 0.2) is 5.69 Å². The molecule has 2 N–H and O–H groups in total. The zero-order chi connectivity index (χ0) is 26.3. The minimum absolute atomic E-state index is 0.0217. The maximum absolute atomic E-state index is 13.7. The average Bonchev–Trinajstić information content (AvgIpc) is 3.62. The molecule has 3 aromatic rings. The number of carbonyl (C=O) groups is 3. The summed E-state index contributed by atoms with van der Waals surface area (Å²) in [6, 6.07) is 10.8. The van der Waals surface area contributed by atoms with Crippen LogP contribution in [0.15, 0.2) is 48.8 Å². The van der Waals surface area contributed by atoms with Crippen molar-refractivity contribution in [3.05, 3.63) is 76.6 Å². The van der Waals surface area contributed by atoms with E-state index in [4.69, 9.17) is 16.3 Å². The molecule has 0 unspecified atom stereocenters. The standard InChI is InChI=1S/C26H25ClFN5O4/c1-26(25(36)29-12-15-3-8-18(37-2)9-4-15)13-32-14-30-21(22(32)24(35)33(26)17-6-7-17)23(34)31-20-10-5-16(28)11-19(20)27/h3-5,8-11,14,17H,6-7,12-13H2,1-2H3,(H,29,36)(H,31,34)/t26-/m0/s1. The van der Waals surface area contributed by atoms with Crippen LogP contribution >= 0.6 is 11.6 Å². The predicted octanol–water partition coefficient (Wildman–Crippen LogP) is 3.63. The van der Waals surface area contributed by atoms with Crippen LogP contribution in [0.25, 0.3) is 0 Å². The molecule has 1 atom stereocenters. The Morgan fingerprint density at radius 2 is 1.95 bits per heavy atom. The molecule has 192 valence electrons. The molecule has 2 aromatic carbocycles. The summed E-state index contributed by atoms with van der Waals surface area (Å²) in [6.45, 7) is 2.15. The lowest BCUT2D eigenvalue weighted by molar-refractivity contribution is -0.133. The Morgan fingerprint density at radius 1 is 1.22 bits per heavy atom. The van der Waals surface area contributed by atoms with E-state index in [0.717, 1.165) is 24.5 Å². The molecular formula is C26H25ClFN5O4. The summed E-state index contributed by atoms with van der Waals surface area (Å²) >= 11 is 6.04. The van der Waals surface area contributed by atoms with E-state index in [1.54, 1.807) is 18.9 Å². The number of hydrogen-bond acceptors (Lipinski definition) is 5. The molecule has 2 heterocycles. The van der Waals surface area contributed by atoms with Gasteiger partial charge < -0.3 is 24.8 Å². The summed E-state index contributed by atoms with van der Waals surface area (Å²) < 4.78 is 20.1. The summed E-state index contributed by atoms with van der Waals surface area (Å²) in [4.78, 5) is 46.0. The van der Waals surface area contributed by atoms with Crippen molar-refractivity contribution in [2.75, 3.05) is 12.4 Å². The van der Waals surface area contributed by atoms with Crippen LogP contribution in [-0.2, 0) is 17.9 Å². The van der Waals surface area contributed by atoms with Gasteiger partial charge in [-0.05, 0) is 55.7 Å². The van der Waals surface area contributed by atoms with E-state index in [1.165, 1.54) is 23.0 Å². The van der Waals surface area contributed by atoms with Gasteiger partial charge in [0.1, 0.15) is 22.8 Å². The van der Waals surface area contributed by atoms with Crippen molar-refractivity contribution in [1.82, 2.24) is 19.8 Å². The van der Waals surface area contributed by atoms with Gasteiger partial charge >= 0.3 is 0 Å². The highest BCUT2D eigenvalue weighted by Gasteiger charge is 2.53. The van der Waals surface area contributed by atoms with Crippen LogP contribution in [0, 0.1) is 5.82 Å². The van der Waals surface area contributed by atoms with E-state index in [-0.39, 0.29) is 47.1 Å². The molecule has 37 heavy (non-hydrogen) atoms. The van der Waals surface area contributed by atoms with E-state index in [9.17, 15) is 18.8 Å². The van der Waals surface area contributed by atoms with Gasteiger partial charge in [0.25, 0.3) is 11.8 Å². The highest BCUT2D eigenvalue weighted by Crippen LogP contribution is 2.39. The van der Waals surface area contributed by atoms with Crippen LogP contribution in [-0.4, -0.2) is 50.9 Å². The van der Waals surface area contributed by atoms with E-state index in [2.05, 4.69) is 15.6 Å². The third-order valence-corrected chi connectivity index (χ3v) is 6.99. The SMILES string of the molecule is COc1ccc(CNC(=O)[C@]2(C)Cn3cnc(C(=O)Nc4ccc(F)cc4Cl)c3C(=O)N2C2CC2)cc1. The van der Waals surface area contributed by atoms with Crippen LogP contribution in [0.2, 0.25) is 5.02 Å². The number of hydrogen-bond donors (Lipinski definition) is 2. The number of ether oxygens (including phenoxy) is 1. The topological polar surface area (TPSA) is 106 Å². The molecule has 0 saturated heterocycles. The van der Waals surface area contributed by atoms with Gasteiger partial charge in [-0.1, -0.05) is 23.7 Å². The van der Waals surface area contributed by atoms with Crippen molar-refractivity contribution < 1.29 is 23.5 Å². The fourth-order valence-corrected chi connectivity index (χ4v) is 4.82. The van der Waals surface area contributed by atoms with Gasteiger partial charge in [-0.3, -0.25) is 14.4 Å². The van der Waals surface area contributed by atoms with Crippen molar-refractivity contribution in [3.63, 3.8) is 0 Å². The predicted molar refractivity (Wildman–Crippen MR) is 134 cm³/mol. The van der Waals surface area contributed by atoms with E-state index < -0.39 is 23.2 Å². The van der Waals surface area contributed by atoms with Gasteiger partial charge in [-0.15, -0.1) is 0 Å². The summed E-state index contributed by atoms with van der Waals surface area (Å²) in [6.07, 6.45) is 2.93. The fraction of sp³-hybridized carbons (Fsp3) is 0.308. The quantitative estimate of drug-likeness (QED) is 0.490. The average molecular weight is 526 g/mol. The number of nitrogens with zero attached hydrogens (tertiary/aromatic N) is 3. The second-order valence-electron chi connectivity index (χ2n) is 9.36. The third kappa shape index (κ3) is 4.64. The molecular weight excluding hydrogens is 501 g/mol. The highest BCUT2D eigenvalue weighted by atomic mass is 35.5. The zero-order valence-electron chi connectivity index (χ0n) is 20.3.